The highest BCUT2D eigenvalue weighted by molar-refractivity contribution is 7.14. The highest BCUT2D eigenvalue weighted by atomic mass is 32.1. The van der Waals surface area contributed by atoms with Crippen LogP contribution in [0, 0.1) is 27.7 Å². The summed E-state index contributed by atoms with van der Waals surface area (Å²) in [6.07, 6.45) is -0.811. The molecule has 1 aliphatic carbocycles. The predicted molar refractivity (Wildman–Crippen MR) is 129 cm³/mol. The number of alkyl carbamates (subject to hydrolysis) is 1. The minimum atomic E-state index is -5.77. The molecule has 37 heavy (non-hydrogen) atoms. The SMILES string of the molecule is Cc1sc(CNC(=O)OC(C)(C)C)c(C)c1C1=C(c2c(C)sc(C(=O)O)c2C)C(F)(F)C(F)(F)C1(F)F. The van der Waals surface area contributed by atoms with E-state index in [2.05, 4.69) is 5.32 Å². The van der Waals surface area contributed by atoms with Crippen molar-refractivity contribution in [1.29, 1.82) is 0 Å². The lowest BCUT2D eigenvalue weighted by Crippen LogP contribution is -2.49. The topological polar surface area (TPSA) is 75.6 Å². The van der Waals surface area contributed by atoms with Gasteiger partial charge in [-0.2, -0.15) is 26.3 Å². The maximum absolute atomic E-state index is 15.3. The lowest BCUT2D eigenvalue weighted by molar-refractivity contribution is -0.254. The molecule has 1 aliphatic rings. The van der Waals surface area contributed by atoms with Crippen molar-refractivity contribution in [1.82, 2.24) is 5.32 Å². The number of carbonyl (C=O) groups is 2. The van der Waals surface area contributed by atoms with E-state index in [9.17, 15) is 23.5 Å². The molecule has 1 amide bonds. The second-order valence-corrected chi connectivity index (χ2v) is 12.2. The number of carboxylic acids is 1. The zero-order chi connectivity index (χ0) is 28.5. The average molecular weight is 570 g/mol. The fraction of sp³-hybridized carbons (Fsp3) is 0.500. The van der Waals surface area contributed by atoms with Gasteiger partial charge >= 0.3 is 29.8 Å². The van der Waals surface area contributed by atoms with Crippen molar-refractivity contribution in [2.24, 2.45) is 0 Å². The second-order valence-electron chi connectivity index (χ2n) is 9.70. The number of allylic oxidation sites excluding steroid dienone is 2. The molecule has 5 nitrogen and oxygen atoms in total. The van der Waals surface area contributed by atoms with Crippen molar-refractivity contribution in [3.63, 3.8) is 0 Å². The second kappa shape index (κ2) is 9.04. The van der Waals surface area contributed by atoms with Crippen LogP contribution in [-0.4, -0.2) is 40.5 Å². The third kappa shape index (κ3) is 4.53. The zero-order valence-electron chi connectivity index (χ0n) is 21.0. The standard InChI is InChI=1S/C24H25F6NO4S2/c1-9-13(8-31-20(34)35-21(5,6)7)36-11(3)14(9)16-17(23(27,28)24(29,30)22(16,25)26)15-10(2)18(19(32)33)37-12(15)4/h8H2,1-7H3,(H,31,34)(H,32,33). The largest absolute Gasteiger partial charge is 0.477 e. The van der Waals surface area contributed by atoms with Gasteiger partial charge in [0.25, 0.3) is 0 Å². The number of ether oxygens (including phenoxy) is 1. The van der Waals surface area contributed by atoms with E-state index < -0.39 is 62.6 Å². The van der Waals surface area contributed by atoms with Crippen LogP contribution in [0.25, 0.3) is 11.1 Å². The summed E-state index contributed by atoms with van der Waals surface area (Å²) < 4.78 is 95.8. The molecule has 2 aromatic rings. The summed E-state index contributed by atoms with van der Waals surface area (Å²) in [5.74, 6) is -17.8. The van der Waals surface area contributed by atoms with E-state index in [1.165, 1.54) is 20.8 Å². The fourth-order valence-corrected chi connectivity index (χ4v) is 6.46. The Morgan fingerprint density at radius 1 is 0.865 bits per heavy atom. The Hall–Kier alpha value is -2.54. The lowest BCUT2D eigenvalue weighted by Gasteiger charge is -2.26. The fourth-order valence-electron chi connectivity index (χ4n) is 4.33. The molecule has 0 aromatic carbocycles. The number of aromatic carboxylic acids is 1. The Morgan fingerprint density at radius 3 is 1.76 bits per heavy atom. The van der Waals surface area contributed by atoms with Crippen LogP contribution in [0.5, 0.6) is 0 Å². The van der Waals surface area contributed by atoms with Crippen LogP contribution in [0.1, 0.15) is 67.3 Å². The molecule has 0 atom stereocenters. The van der Waals surface area contributed by atoms with E-state index in [0.29, 0.717) is 11.3 Å². The van der Waals surface area contributed by atoms with Gasteiger partial charge in [0.05, 0.1) is 6.54 Å². The summed E-state index contributed by atoms with van der Waals surface area (Å²) in [5.41, 5.74) is -5.34. The predicted octanol–water partition coefficient (Wildman–Crippen LogP) is 7.60. The van der Waals surface area contributed by atoms with E-state index >= 15 is 17.6 Å². The molecule has 2 aromatic heterocycles. The Bertz CT molecular complexity index is 1320. The first-order valence-electron chi connectivity index (χ1n) is 10.9. The number of carbonyl (C=O) groups excluding carboxylic acids is 1. The number of nitrogens with one attached hydrogen (secondary N) is 1. The molecule has 2 heterocycles. The Morgan fingerprint density at radius 2 is 1.32 bits per heavy atom. The highest BCUT2D eigenvalue weighted by Crippen LogP contribution is 2.66. The first-order valence-corrected chi connectivity index (χ1v) is 12.6. The summed E-state index contributed by atoms with van der Waals surface area (Å²) in [6, 6.07) is 0. The Labute approximate surface area is 217 Å². The van der Waals surface area contributed by atoms with Crippen LogP contribution in [0.15, 0.2) is 0 Å². The normalized spacial score (nSPS) is 18.3. The van der Waals surface area contributed by atoms with Crippen molar-refractivity contribution in [2.75, 3.05) is 0 Å². The van der Waals surface area contributed by atoms with Gasteiger partial charge in [0.1, 0.15) is 10.5 Å². The molecule has 0 saturated carbocycles. The molecular weight excluding hydrogens is 544 g/mol. The molecule has 0 unspecified atom stereocenters. The molecule has 0 spiro atoms. The summed E-state index contributed by atoms with van der Waals surface area (Å²) in [7, 11) is 0. The van der Waals surface area contributed by atoms with Crippen molar-refractivity contribution in [2.45, 2.75) is 78.4 Å². The number of alkyl halides is 6. The quantitative estimate of drug-likeness (QED) is 0.364. The van der Waals surface area contributed by atoms with Crippen LogP contribution in [-0.2, 0) is 11.3 Å². The minimum absolute atomic E-state index is 0.0169. The van der Waals surface area contributed by atoms with Gasteiger partial charge in [0, 0.05) is 36.9 Å². The van der Waals surface area contributed by atoms with Crippen LogP contribution < -0.4 is 5.32 Å². The summed E-state index contributed by atoms with van der Waals surface area (Å²) >= 11 is 1.43. The van der Waals surface area contributed by atoms with Crippen molar-refractivity contribution in [3.05, 3.63) is 41.8 Å². The maximum atomic E-state index is 15.3. The van der Waals surface area contributed by atoms with Gasteiger partial charge in [-0.05, 0) is 59.6 Å². The molecule has 0 aliphatic heterocycles. The van der Waals surface area contributed by atoms with Crippen molar-refractivity contribution in [3.8, 4) is 0 Å². The van der Waals surface area contributed by atoms with Gasteiger partial charge in [0.2, 0.25) is 0 Å². The van der Waals surface area contributed by atoms with Crippen molar-refractivity contribution < 1.29 is 45.8 Å². The number of hydrogen-bond acceptors (Lipinski definition) is 5. The smallest absolute Gasteiger partial charge is 0.407 e. The van der Waals surface area contributed by atoms with Crippen LogP contribution >= 0.6 is 22.7 Å². The molecule has 204 valence electrons. The number of halogens is 6. The van der Waals surface area contributed by atoms with Gasteiger partial charge in [-0.15, -0.1) is 22.7 Å². The molecule has 2 N–H and O–H groups in total. The van der Waals surface area contributed by atoms with Crippen LogP contribution in [0.2, 0.25) is 0 Å². The Balaban J connectivity index is 2.27. The number of hydrogen-bond donors (Lipinski definition) is 2. The van der Waals surface area contributed by atoms with E-state index in [1.54, 1.807) is 20.8 Å². The first kappa shape index (κ1) is 29.0. The first-order chi connectivity index (χ1) is 16.7. The van der Waals surface area contributed by atoms with Gasteiger partial charge in [-0.3, -0.25) is 0 Å². The number of thiophene rings is 2. The monoisotopic (exact) mass is 569 g/mol. The number of amides is 1. The highest BCUT2D eigenvalue weighted by Gasteiger charge is 2.80. The Kier molecular flexibility index (Phi) is 7.09. The molecule has 3 rings (SSSR count). The maximum Gasteiger partial charge on any atom is 0.407 e. The van der Waals surface area contributed by atoms with E-state index in [-0.39, 0.29) is 32.3 Å². The minimum Gasteiger partial charge on any atom is -0.477 e. The summed E-state index contributed by atoms with van der Waals surface area (Å²) in [4.78, 5) is 23.4. The third-order valence-corrected chi connectivity index (χ3v) is 8.30. The van der Waals surface area contributed by atoms with E-state index in [4.69, 9.17) is 4.74 Å². The summed E-state index contributed by atoms with van der Waals surface area (Å²) in [5, 5.41) is 11.8. The molecule has 0 fully saturated rings. The van der Waals surface area contributed by atoms with Gasteiger partial charge < -0.3 is 15.2 Å². The van der Waals surface area contributed by atoms with E-state index in [0.717, 1.165) is 18.3 Å². The molecule has 0 saturated heterocycles. The van der Waals surface area contributed by atoms with Crippen LogP contribution in [0.3, 0.4) is 0 Å². The van der Waals surface area contributed by atoms with Gasteiger partial charge in [-0.1, -0.05) is 0 Å². The molecule has 0 bridgehead atoms. The number of carboxylic acid groups (broad SMARTS) is 1. The zero-order valence-corrected chi connectivity index (χ0v) is 22.6. The van der Waals surface area contributed by atoms with E-state index in [1.807, 2.05) is 0 Å². The average Bonchev–Trinajstić information content (AvgIpc) is 3.20. The summed E-state index contributed by atoms with van der Waals surface area (Å²) in [6.45, 7) is 9.67. The lowest BCUT2D eigenvalue weighted by atomic mass is 9.90. The van der Waals surface area contributed by atoms with Gasteiger partial charge in [0.15, 0.2) is 0 Å². The van der Waals surface area contributed by atoms with Gasteiger partial charge in [-0.25, -0.2) is 9.59 Å². The number of rotatable bonds is 5. The molecule has 13 heteroatoms. The number of aryl methyl sites for hydroxylation is 2. The van der Waals surface area contributed by atoms with Crippen molar-refractivity contribution >= 4 is 45.9 Å². The van der Waals surface area contributed by atoms with Crippen LogP contribution in [0.4, 0.5) is 31.1 Å². The molecular formula is C24H25F6NO4S2. The molecule has 0 radical (unpaired) electrons. The third-order valence-electron chi connectivity index (χ3n) is 5.90.